The third-order valence-electron chi connectivity index (χ3n) is 4.24. The summed E-state index contributed by atoms with van der Waals surface area (Å²) in [5.41, 5.74) is 1.43. The fourth-order valence-electron chi connectivity index (χ4n) is 3.09. The van der Waals surface area contributed by atoms with Crippen LogP contribution in [0.15, 0.2) is 18.2 Å². The second kappa shape index (κ2) is 4.05. The van der Waals surface area contributed by atoms with Crippen molar-refractivity contribution in [2.24, 2.45) is 7.05 Å². The number of imidazole rings is 1. The van der Waals surface area contributed by atoms with Crippen molar-refractivity contribution in [1.82, 2.24) is 14.9 Å². The molecule has 0 aliphatic carbocycles. The van der Waals surface area contributed by atoms with Gasteiger partial charge in [-0.1, -0.05) is 13.0 Å². The molecule has 2 heterocycles. The molecule has 1 N–H and O–H groups in total. The number of para-hydroxylation sites is 1. The molecule has 0 amide bonds. The summed E-state index contributed by atoms with van der Waals surface area (Å²) in [4.78, 5) is 4.68. The van der Waals surface area contributed by atoms with Crippen LogP contribution in [0.1, 0.15) is 25.6 Å². The Labute approximate surface area is 106 Å². The highest BCUT2D eigenvalue weighted by atomic mass is 19.1. The van der Waals surface area contributed by atoms with Crippen LogP contribution < -0.4 is 5.32 Å². The second-order valence-electron chi connectivity index (χ2n) is 5.16. The molecule has 0 saturated carbocycles. The Kier molecular flexibility index (Phi) is 2.63. The smallest absolute Gasteiger partial charge is 0.149 e. The van der Waals surface area contributed by atoms with Crippen LogP contribution >= 0.6 is 0 Å². The fraction of sp³-hybridized carbons (Fsp3) is 0.500. The molecule has 1 fully saturated rings. The minimum atomic E-state index is -0.189. The quantitative estimate of drug-likeness (QED) is 0.883. The molecule has 1 aromatic heterocycles. The van der Waals surface area contributed by atoms with Crippen molar-refractivity contribution < 1.29 is 4.39 Å². The molecule has 0 spiro atoms. The van der Waals surface area contributed by atoms with E-state index in [2.05, 4.69) is 17.2 Å². The number of rotatable bonds is 2. The molecule has 3 nitrogen and oxygen atoms in total. The highest BCUT2D eigenvalue weighted by Gasteiger charge is 2.38. The molecular formula is C14H18FN3. The molecule has 1 aliphatic rings. The Morgan fingerprint density at radius 1 is 1.50 bits per heavy atom. The molecule has 4 heteroatoms. The van der Waals surface area contributed by atoms with Gasteiger partial charge in [0.05, 0.1) is 5.52 Å². The van der Waals surface area contributed by atoms with Crippen LogP contribution in [0.5, 0.6) is 0 Å². The van der Waals surface area contributed by atoms with E-state index in [9.17, 15) is 4.39 Å². The van der Waals surface area contributed by atoms with Crippen LogP contribution in [0.2, 0.25) is 0 Å². The van der Waals surface area contributed by atoms with Crippen LogP contribution in [0.25, 0.3) is 11.0 Å². The van der Waals surface area contributed by atoms with Gasteiger partial charge < -0.3 is 9.88 Å². The van der Waals surface area contributed by atoms with Crippen molar-refractivity contribution in [3.63, 3.8) is 0 Å². The molecule has 0 bridgehead atoms. The maximum absolute atomic E-state index is 13.9. The molecule has 2 aromatic rings. The lowest BCUT2D eigenvalue weighted by Crippen LogP contribution is -2.31. The van der Waals surface area contributed by atoms with Crippen molar-refractivity contribution >= 4 is 11.0 Å². The maximum Gasteiger partial charge on any atom is 0.149 e. The van der Waals surface area contributed by atoms with Crippen molar-refractivity contribution in [2.45, 2.75) is 25.2 Å². The average Bonchev–Trinajstić information content (AvgIpc) is 2.96. The molecule has 1 aromatic carbocycles. The lowest BCUT2D eigenvalue weighted by molar-refractivity contribution is 0.414. The number of aryl methyl sites for hydroxylation is 1. The first kappa shape index (κ1) is 11.7. The van der Waals surface area contributed by atoms with Gasteiger partial charge in [-0.25, -0.2) is 9.37 Å². The van der Waals surface area contributed by atoms with E-state index >= 15 is 0 Å². The first-order valence-electron chi connectivity index (χ1n) is 6.50. The van der Waals surface area contributed by atoms with Crippen LogP contribution in [-0.4, -0.2) is 22.6 Å². The minimum absolute atomic E-state index is 0.0558. The number of benzene rings is 1. The Balaban J connectivity index is 2.24. The largest absolute Gasteiger partial charge is 0.328 e. The highest BCUT2D eigenvalue weighted by molar-refractivity contribution is 5.76. The van der Waals surface area contributed by atoms with Gasteiger partial charge in [-0.2, -0.15) is 0 Å². The summed E-state index contributed by atoms with van der Waals surface area (Å²) in [6.45, 7) is 4.13. The van der Waals surface area contributed by atoms with E-state index in [0.717, 1.165) is 37.3 Å². The summed E-state index contributed by atoms with van der Waals surface area (Å²) in [7, 11) is 1.92. The zero-order valence-electron chi connectivity index (χ0n) is 10.8. The number of nitrogens with one attached hydrogen (secondary N) is 1. The van der Waals surface area contributed by atoms with Crippen LogP contribution in [0.3, 0.4) is 0 Å². The number of halogens is 1. The van der Waals surface area contributed by atoms with Gasteiger partial charge in [0, 0.05) is 19.0 Å². The van der Waals surface area contributed by atoms with Gasteiger partial charge in [0.2, 0.25) is 0 Å². The molecule has 1 saturated heterocycles. The topological polar surface area (TPSA) is 29.9 Å². The molecular weight excluding hydrogens is 229 g/mol. The van der Waals surface area contributed by atoms with Crippen molar-refractivity contribution in [2.75, 3.05) is 13.1 Å². The van der Waals surface area contributed by atoms with E-state index in [1.54, 1.807) is 6.07 Å². The van der Waals surface area contributed by atoms with Gasteiger partial charge in [0.25, 0.3) is 0 Å². The van der Waals surface area contributed by atoms with Crippen molar-refractivity contribution in [3.05, 3.63) is 29.8 Å². The second-order valence-corrected chi connectivity index (χ2v) is 5.16. The summed E-state index contributed by atoms with van der Waals surface area (Å²) in [6.07, 6.45) is 2.10. The summed E-state index contributed by atoms with van der Waals surface area (Å²) in [5, 5.41) is 3.40. The lowest BCUT2D eigenvalue weighted by atomic mass is 9.83. The van der Waals surface area contributed by atoms with Gasteiger partial charge in [-0.3, -0.25) is 0 Å². The monoisotopic (exact) mass is 247 g/mol. The summed E-state index contributed by atoms with van der Waals surface area (Å²) >= 11 is 0. The average molecular weight is 247 g/mol. The van der Waals surface area contributed by atoms with Crippen LogP contribution in [0.4, 0.5) is 4.39 Å². The molecule has 3 rings (SSSR count). The van der Waals surface area contributed by atoms with Crippen molar-refractivity contribution in [3.8, 4) is 0 Å². The van der Waals surface area contributed by atoms with Gasteiger partial charge in [-0.05, 0) is 31.5 Å². The van der Waals surface area contributed by atoms with E-state index < -0.39 is 0 Å². The molecule has 0 radical (unpaired) electrons. The maximum atomic E-state index is 13.9. The number of fused-ring (bicyclic) bond motifs is 1. The fourth-order valence-corrected chi connectivity index (χ4v) is 3.09. The van der Waals surface area contributed by atoms with E-state index in [-0.39, 0.29) is 11.2 Å². The van der Waals surface area contributed by atoms with Gasteiger partial charge in [0.15, 0.2) is 0 Å². The molecule has 18 heavy (non-hydrogen) atoms. The van der Waals surface area contributed by atoms with Crippen LogP contribution in [-0.2, 0) is 12.5 Å². The number of aromatic nitrogens is 2. The predicted octanol–water partition coefficient (Wildman–Crippen LogP) is 2.35. The Hall–Kier alpha value is -1.42. The van der Waals surface area contributed by atoms with E-state index in [1.165, 1.54) is 6.07 Å². The molecule has 96 valence electrons. The zero-order chi connectivity index (χ0) is 12.8. The first-order valence-corrected chi connectivity index (χ1v) is 6.50. The minimum Gasteiger partial charge on any atom is -0.328 e. The number of hydrogen-bond acceptors (Lipinski definition) is 2. The van der Waals surface area contributed by atoms with Crippen LogP contribution in [0, 0.1) is 5.82 Å². The SMILES string of the molecule is CCC1(c2nc3cccc(F)c3n2C)CCNC1. The van der Waals surface area contributed by atoms with Crippen molar-refractivity contribution in [1.29, 1.82) is 0 Å². The van der Waals surface area contributed by atoms with E-state index in [1.807, 2.05) is 17.7 Å². The normalized spacial score (nSPS) is 23.9. The lowest BCUT2D eigenvalue weighted by Gasteiger charge is -2.25. The standard InChI is InChI=1S/C14H18FN3/c1-3-14(7-8-16-9-14)13-17-11-6-4-5-10(15)12(11)18(13)2/h4-6,16H,3,7-9H2,1-2H3. The first-order chi connectivity index (χ1) is 8.68. The molecule has 1 aliphatic heterocycles. The number of hydrogen-bond donors (Lipinski definition) is 1. The highest BCUT2D eigenvalue weighted by Crippen LogP contribution is 2.35. The summed E-state index contributed by atoms with van der Waals surface area (Å²) < 4.78 is 15.8. The van der Waals surface area contributed by atoms with Gasteiger partial charge in [-0.15, -0.1) is 0 Å². The predicted molar refractivity (Wildman–Crippen MR) is 70.1 cm³/mol. The van der Waals surface area contributed by atoms with E-state index in [0.29, 0.717) is 5.52 Å². The third kappa shape index (κ3) is 1.48. The molecule has 1 unspecified atom stereocenters. The zero-order valence-corrected chi connectivity index (χ0v) is 10.8. The Morgan fingerprint density at radius 3 is 2.94 bits per heavy atom. The van der Waals surface area contributed by atoms with E-state index in [4.69, 9.17) is 0 Å². The summed E-state index contributed by atoms with van der Waals surface area (Å²) in [6, 6.07) is 5.10. The Morgan fingerprint density at radius 2 is 2.33 bits per heavy atom. The third-order valence-corrected chi connectivity index (χ3v) is 4.24. The number of nitrogens with zero attached hydrogens (tertiary/aromatic N) is 2. The van der Waals surface area contributed by atoms with Gasteiger partial charge in [0.1, 0.15) is 17.2 Å². The summed E-state index contributed by atoms with van der Waals surface area (Å²) in [5.74, 6) is 0.820. The van der Waals surface area contributed by atoms with Gasteiger partial charge >= 0.3 is 0 Å². The Bertz CT molecular complexity index is 582. The molecule has 1 atom stereocenters.